The number of ether oxygens (including phenoxy) is 2. The molecule has 1 saturated heterocycles. The molecule has 2 rings (SSSR count). The molecule has 2 N–H and O–H groups in total. The number of rotatable bonds is 4. The molecule has 0 amide bonds. The van der Waals surface area contributed by atoms with E-state index in [0.717, 1.165) is 13.0 Å². The molecule has 0 bridgehead atoms. The van der Waals surface area contributed by atoms with Gasteiger partial charge in [0.2, 0.25) is 0 Å². The molecule has 1 aromatic rings. The van der Waals surface area contributed by atoms with Gasteiger partial charge < -0.3 is 15.2 Å². The van der Waals surface area contributed by atoms with Crippen molar-refractivity contribution in [3.63, 3.8) is 0 Å². The monoisotopic (exact) mass is 227 g/mol. The molecule has 1 aliphatic rings. The third kappa shape index (κ3) is 2.78. The summed E-state index contributed by atoms with van der Waals surface area (Å²) in [7, 11) is 0. The Kier molecular flexibility index (Phi) is 3.75. The predicted octanol–water partition coefficient (Wildman–Crippen LogP) is 1.86. The van der Waals surface area contributed by atoms with Gasteiger partial charge in [-0.1, -0.05) is 0 Å². The van der Waals surface area contributed by atoms with E-state index in [2.05, 4.69) is 19.1 Å². The lowest BCUT2D eigenvalue weighted by Gasteiger charge is -2.18. The summed E-state index contributed by atoms with van der Waals surface area (Å²) in [6.07, 6.45) is 1.25. The molecule has 2 heterocycles. The second-order valence-corrected chi connectivity index (χ2v) is 5.11. The van der Waals surface area contributed by atoms with E-state index in [-0.39, 0.29) is 12.2 Å². The zero-order valence-electron chi connectivity index (χ0n) is 8.94. The zero-order valence-corrected chi connectivity index (χ0v) is 9.76. The van der Waals surface area contributed by atoms with Gasteiger partial charge >= 0.3 is 0 Å². The minimum atomic E-state index is 0.0374. The molecule has 0 spiro atoms. The summed E-state index contributed by atoms with van der Waals surface area (Å²) in [5.74, 6) is 0. The lowest BCUT2D eigenvalue weighted by Crippen LogP contribution is -2.22. The molecule has 3 nitrogen and oxygen atoms in total. The molecule has 2 unspecified atom stereocenters. The largest absolute Gasteiger partial charge is 0.379 e. The topological polar surface area (TPSA) is 44.5 Å². The first-order chi connectivity index (χ1) is 7.29. The molecule has 0 aliphatic carbocycles. The average molecular weight is 227 g/mol. The van der Waals surface area contributed by atoms with Crippen LogP contribution in [0.3, 0.4) is 0 Å². The second kappa shape index (κ2) is 5.07. The van der Waals surface area contributed by atoms with Crippen LogP contribution in [0.2, 0.25) is 0 Å². The van der Waals surface area contributed by atoms with Crippen LogP contribution in [-0.2, 0) is 9.47 Å². The van der Waals surface area contributed by atoms with Crippen LogP contribution in [0.1, 0.15) is 22.3 Å². The summed E-state index contributed by atoms with van der Waals surface area (Å²) < 4.78 is 11.2. The molecule has 0 radical (unpaired) electrons. The molecule has 4 heteroatoms. The SMILES string of the molecule is Cc1ccc(C(CN)OC2CCOC2)s1. The Labute approximate surface area is 94.2 Å². The molecule has 1 aromatic heterocycles. The number of nitrogens with two attached hydrogens (primary N) is 1. The lowest BCUT2D eigenvalue weighted by molar-refractivity contribution is -0.0108. The Bertz CT molecular complexity index is 307. The lowest BCUT2D eigenvalue weighted by atomic mass is 10.2. The molecule has 1 aliphatic heterocycles. The van der Waals surface area contributed by atoms with Crippen molar-refractivity contribution in [2.45, 2.75) is 25.6 Å². The maximum Gasteiger partial charge on any atom is 0.104 e. The highest BCUT2D eigenvalue weighted by molar-refractivity contribution is 7.12. The van der Waals surface area contributed by atoms with Crippen LogP contribution in [0.25, 0.3) is 0 Å². The highest BCUT2D eigenvalue weighted by atomic mass is 32.1. The molecule has 0 aromatic carbocycles. The molecule has 15 heavy (non-hydrogen) atoms. The van der Waals surface area contributed by atoms with Gasteiger partial charge in [0, 0.05) is 22.9 Å². The van der Waals surface area contributed by atoms with E-state index in [1.807, 2.05) is 0 Å². The standard InChI is InChI=1S/C11H17NO2S/c1-8-2-3-11(15-8)10(6-12)14-9-4-5-13-7-9/h2-3,9-10H,4-7,12H2,1H3. The molecule has 2 atom stereocenters. The van der Waals surface area contributed by atoms with Crippen molar-refractivity contribution in [2.24, 2.45) is 5.73 Å². The summed E-state index contributed by atoms with van der Waals surface area (Å²) in [5.41, 5.74) is 5.73. The highest BCUT2D eigenvalue weighted by Crippen LogP contribution is 2.27. The Balaban J connectivity index is 1.97. The van der Waals surface area contributed by atoms with Crippen LogP contribution in [0.4, 0.5) is 0 Å². The maximum atomic E-state index is 5.92. The summed E-state index contributed by atoms with van der Waals surface area (Å²) in [6.45, 7) is 4.16. The first-order valence-electron chi connectivity index (χ1n) is 5.29. The second-order valence-electron chi connectivity index (χ2n) is 3.79. The molecular weight excluding hydrogens is 210 g/mol. The van der Waals surface area contributed by atoms with Gasteiger partial charge in [0.25, 0.3) is 0 Å². The van der Waals surface area contributed by atoms with Gasteiger partial charge in [-0.05, 0) is 25.5 Å². The van der Waals surface area contributed by atoms with Gasteiger partial charge in [0.05, 0.1) is 12.7 Å². The van der Waals surface area contributed by atoms with Crippen molar-refractivity contribution in [1.82, 2.24) is 0 Å². The number of hydrogen-bond acceptors (Lipinski definition) is 4. The summed E-state index contributed by atoms with van der Waals surface area (Å²) in [4.78, 5) is 2.52. The third-order valence-electron chi connectivity index (χ3n) is 2.54. The molecule has 1 fully saturated rings. The quantitative estimate of drug-likeness (QED) is 0.854. The van der Waals surface area contributed by atoms with Crippen LogP contribution in [0.15, 0.2) is 12.1 Å². The summed E-state index contributed by atoms with van der Waals surface area (Å²) in [5, 5.41) is 0. The summed E-state index contributed by atoms with van der Waals surface area (Å²) in [6, 6.07) is 4.21. The van der Waals surface area contributed by atoms with Crippen LogP contribution >= 0.6 is 11.3 Å². The van der Waals surface area contributed by atoms with E-state index in [1.165, 1.54) is 9.75 Å². The van der Waals surface area contributed by atoms with Gasteiger partial charge in [-0.3, -0.25) is 0 Å². The van der Waals surface area contributed by atoms with Crippen LogP contribution < -0.4 is 5.73 Å². The number of hydrogen-bond donors (Lipinski definition) is 1. The van der Waals surface area contributed by atoms with Crippen LogP contribution in [-0.4, -0.2) is 25.9 Å². The van der Waals surface area contributed by atoms with E-state index < -0.39 is 0 Å². The zero-order chi connectivity index (χ0) is 10.7. The van der Waals surface area contributed by atoms with E-state index >= 15 is 0 Å². The van der Waals surface area contributed by atoms with Gasteiger partial charge in [-0.2, -0.15) is 0 Å². The van der Waals surface area contributed by atoms with Gasteiger partial charge in [0.15, 0.2) is 0 Å². The fraction of sp³-hybridized carbons (Fsp3) is 0.636. The highest BCUT2D eigenvalue weighted by Gasteiger charge is 2.22. The maximum absolute atomic E-state index is 5.92. The molecule has 84 valence electrons. The first-order valence-corrected chi connectivity index (χ1v) is 6.11. The Hall–Kier alpha value is -0.420. The molecule has 0 saturated carbocycles. The predicted molar refractivity (Wildman–Crippen MR) is 61.2 cm³/mol. The fourth-order valence-corrected chi connectivity index (χ4v) is 2.64. The number of aryl methyl sites for hydroxylation is 1. The Morgan fingerprint density at radius 3 is 3.07 bits per heavy atom. The van der Waals surface area contributed by atoms with E-state index in [4.69, 9.17) is 15.2 Å². The van der Waals surface area contributed by atoms with E-state index in [0.29, 0.717) is 13.2 Å². The smallest absolute Gasteiger partial charge is 0.104 e. The van der Waals surface area contributed by atoms with Crippen LogP contribution in [0.5, 0.6) is 0 Å². The van der Waals surface area contributed by atoms with E-state index in [9.17, 15) is 0 Å². The van der Waals surface area contributed by atoms with Crippen molar-refractivity contribution >= 4 is 11.3 Å². The van der Waals surface area contributed by atoms with Gasteiger partial charge in [-0.25, -0.2) is 0 Å². The first kappa shape index (κ1) is 11.1. The van der Waals surface area contributed by atoms with Crippen molar-refractivity contribution in [3.8, 4) is 0 Å². The summed E-state index contributed by atoms with van der Waals surface area (Å²) >= 11 is 1.76. The average Bonchev–Trinajstić information content (AvgIpc) is 2.85. The Morgan fingerprint density at radius 2 is 2.53 bits per heavy atom. The van der Waals surface area contributed by atoms with Gasteiger partial charge in [-0.15, -0.1) is 11.3 Å². The number of thiophene rings is 1. The Morgan fingerprint density at radius 1 is 1.67 bits per heavy atom. The van der Waals surface area contributed by atoms with Crippen molar-refractivity contribution in [3.05, 3.63) is 21.9 Å². The third-order valence-corrected chi connectivity index (χ3v) is 3.63. The fourth-order valence-electron chi connectivity index (χ4n) is 1.72. The van der Waals surface area contributed by atoms with Gasteiger partial charge in [0.1, 0.15) is 6.10 Å². The van der Waals surface area contributed by atoms with E-state index in [1.54, 1.807) is 11.3 Å². The molecular formula is C11H17NO2S. The minimum Gasteiger partial charge on any atom is -0.379 e. The minimum absolute atomic E-state index is 0.0374. The van der Waals surface area contributed by atoms with Crippen molar-refractivity contribution < 1.29 is 9.47 Å². The van der Waals surface area contributed by atoms with Crippen LogP contribution in [0, 0.1) is 6.92 Å². The van der Waals surface area contributed by atoms with Crippen molar-refractivity contribution in [2.75, 3.05) is 19.8 Å². The van der Waals surface area contributed by atoms with Crippen molar-refractivity contribution in [1.29, 1.82) is 0 Å². The normalized spacial score (nSPS) is 23.2.